The monoisotopic (exact) mass is 214 g/mol. The number of rotatable bonds is 4. The quantitative estimate of drug-likeness (QED) is 0.745. The average Bonchev–Trinajstić information content (AvgIpc) is 2.25. The average molecular weight is 214 g/mol. The molecule has 4 nitrogen and oxygen atoms in total. The highest BCUT2D eigenvalue weighted by Gasteiger charge is 2.27. The van der Waals surface area contributed by atoms with Gasteiger partial charge < -0.3 is 15.4 Å². The third-order valence-corrected chi connectivity index (χ3v) is 2.91. The van der Waals surface area contributed by atoms with Crippen LogP contribution < -0.4 is 10.6 Å². The van der Waals surface area contributed by atoms with Crippen molar-refractivity contribution in [2.24, 2.45) is 5.41 Å². The van der Waals surface area contributed by atoms with E-state index in [0.29, 0.717) is 0 Å². The van der Waals surface area contributed by atoms with Crippen molar-refractivity contribution >= 4 is 6.03 Å². The fourth-order valence-corrected chi connectivity index (χ4v) is 1.64. The van der Waals surface area contributed by atoms with E-state index >= 15 is 0 Å². The summed E-state index contributed by atoms with van der Waals surface area (Å²) >= 11 is 0. The molecule has 0 aliphatic carbocycles. The van der Waals surface area contributed by atoms with E-state index in [0.717, 1.165) is 45.6 Å². The molecule has 0 unspecified atom stereocenters. The topological polar surface area (TPSA) is 50.4 Å². The second-order valence-electron chi connectivity index (χ2n) is 4.53. The zero-order valence-corrected chi connectivity index (χ0v) is 9.77. The minimum Gasteiger partial charge on any atom is -0.381 e. The summed E-state index contributed by atoms with van der Waals surface area (Å²) in [4.78, 5) is 11.3. The van der Waals surface area contributed by atoms with E-state index in [1.54, 1.807) is 0 Å². The number of nitrogens with one attached hydrogen (secondary N) is 2. The van der Waals surface area contributed by atoms with Crippen molar-refractivity contribution in [1.29, 1.82) is 0 Å². The minimum absolute atomic E-state index is 0.0513. The Morgan fingerprint density at radius 2 is 2.00 bits per heavy atom. The summed E-state index contributed by atoms with van der Waals surface area (Å²) in [5.74, 6) is 0. The maximum Gasteiger partial charge on any atom is 0.314 e. The minimum atomic E-state index is -0.0513. The third-order valence-electron chi connectivity index (χ3n) is 2.91. The largest absolute Gasteiger partial charge is 0.381 e. The molecule has 0 bridgehead atoms. The first-order chi connectivity index (χ1) is 7.16. The van der Waals surface area contributed by atoms with Crippen LogP contribution in [-0.4, -0.2) is 32.3 Å². The van der Waals surface area contributed by atoms with E-state index in [9.17, 15) is 4.79 Å². The molecule has 1 aliphatic heterocycles. The van der Waals surface area contributed by atoms with Crippen LogP contribution in [0.4, 0.5) is 4.79 Å². The summed E-state index contributed by atoms with van der Waals surface area (Å²) in [6.45, 7) is 7.36. The molecular formula is C11H22N2O2. The van der Waals surface area contributed by atoms with Crippen LogP contribution >= 0.6 is 0 Å². The first-order valence-electron chi connectivity index (χ1n) is 5.76. The van der Waals surface area contributed by atoms with Gasteiger partial charge in [0.25, 0.3) is 0 Å². The molecule has 0 saturated carbocycles. The van der Waals surface area contributed by atoms with Crippen LogP contribution in [0, 0.1) is 5.41 Å². The van der Waals surface area contributed by atoms with Crippen LogP contribution in [0.5, 0.6) is 0 Å². The molecule has 1 fully saturated rings. The van der Waals surface area contributed by atoms with Gasteiger partial charge in [0.05, 0.1) is 0 Å². The second kappa shape index (κ2) is 5.95. The highest BCUT2D eigenvalue weighted by molar-refractivity contribution is 5.73. The smallest absolute Gasteiger partial charge is 0.314 e. The van der Waals surface area contributed by atoms with Crippen LogP contribution in [-0.2, 0) is 4.74 Å². The molecule has 2 N–H and O–H groups in total. The summed E-state index contributed by atoms with van der Waals surface area (Å²) in [5, 5.41) is 5.73. The van der Waals surface area contributed by atoms with E-state index in [1.165, 1.54) is 0 Å². The molecule has 0 spiro atoms. The highest BCUT2D eigenvalue weighted by atomic mass is 16.5. The fraction of sp³-hybridized carbons (Fsp3) is 0.909. The van der Waals surface area contributed by atoms with Gasteiger partial charge in [0, 0.05) is 26.3 Å². The number of hydrogen-bond donors (Lipinski definition) is 2. The Balaban J connectivity index is 2.19. The zero-order valence-electron chi connectivity index (χ0n) is 9.77. The van der Waals surface area contributed by atoms with Crippen LogP contribution in [0.15, 0.2) is 0 Å². The van der Waals surface area contributed by atoms with Gasteiger partial charge in [0.15, 0.2) is 0 Å². The summed E-state index contributed by atoms with van der Waals surface area (Å²) in [6, 6.07) is -0.0513. The van der Waals surface area contributed by atoms with Crippen LogP contribution in [0.2, 0.25) is 0 Å². The highest BCUT2D eigenvalue weighted by Crippen LogP contribution is 2.28. The number of carbonyl (C=O) groups excluding carboxylic acids is 1. The molecule has 1 aliphatic rings. The molecule has 0 atom stereocenters. The van der Waals surface area contributed by atoms with Crippen LogP contribution in [0.1, 0.15) is 33.1 Å². The SMILES string of the molecule is CCCNC(=O)NCC1(C)CCOCC1. The van der Waals surface area contributed by atoms with Gasteiger partial charge in [0.2, 0.25) is 0 Å². The normalized spacial score (nSPS) is 19.6. The summed E-state index contributed by atoms with van der Waals surface area (Å²) < 4.78 is 5.31. The Kier molecular flexibility index (Phi) is 4.88. The van der Waals surface area contributed by atoms with Crippen molar-refractivity contribution < 1.29 is 9.53 Å². The Labute approximate surface area is 91.8 Å². The van der Waals surface area contributed by atoms with E-state index in [-0.39, 0.29) is 11.4 Å². The van der Waals surface area contributed by atoms with Crippen LogP contribution in [0.25, 0.3) is 0 Å². The van der Waals surface area contributed by atoms with E-state index in [2.05, 4.69) is 17.6 Å². The number of carbonyl (C=O) groups is 1. The van der Waals surface area contributed by atoms with Crippen molar-refractivity contribution in [2.75, 3.05) is 26.3 Å². The van der Waals surface area contributed by atoms with Gasteiger partial charge in [0.1, 0.15) is 0 Å². The summed E-state index contributed by atoms with van der Waals surface area (Å²) in [5.41, 5.74) is 0.210. The molecule has 0 radical (unpaired) electrons. The van der Waals surface area contributed by atoms with Crippen molar-refractivity contribution in [3.05, 3.63) is 0 Å². The van der Waals surface area contributed by atoms with Gasteiger partial charge in [-0.3, -0.25) is 0 Å². The van der Waals surface area contributed by atoms with Gasteiger partial charge in [-0.25, -0.2) is 4.79 Å². The Hall–Kier alpha value is -0.770. The first kappa shape index (κ1) is 12.3. The van der Waals surface area contributed by atoms with Gasteiger partial charge >= 0.3 is 6.03 Å². The number of hydrogen-bond acceptors (Lipinski definition) is 2. The number of urea groups is 1. The Morgan fingerprint density at radius 1 is 1.33 bits per heavy atom. The lowest BCUT2D eigenvalue weighted by molar-refractivity contribution is 0.0252. The molecule has 0 aromatic heterocycles. The maximum atomic E-state index is 11.3. The third kappa shape index (κ3) is 4.51. The molecule has 0 aromatic carbocycles. The molecule has 1 rings (SSSR count). The molecule has 1 saturated heterocycles. The van der Waals surface area contributed by atoms with Crippen LogP contribution in [0.3, 0.4) is 0 Å². The molecule has 4 heteroatoms. The van der Waals surface area contributed by atoms with Crippen molar-refractivity contribution in [1.82, 2.24) is 10.6 Å². The standard InChI is InChI=1S/C11H22N2O2/c1-3-6-12-10(14)13-9-11(2)4-7-15-8-5-11/h3-9H2,1-2H3,(H2,12,13,14). The lowest BCUT2D eigenvalue weighted by Gasteiger charge is -2.33. The number of amides is 2. The van der Waals surface area contributed by atoms with Crippen molar-refractivity contribution in [3.63, 3.8) is 0 Å². The van der Waals surface area contributed by atoms with Gasteiger partial charge in [-0.2, -0.15) is 0 Å². The van der Waals surface area contributed by atoms with Gasteiger partial charge in [-0.15, -0.1) is 0 Å². The lowest BCUT2D eigenvalue weighted by atomic mass is 9.82. The van der Waals surface area contributed by atoms with Gasteiger partial charge in [-0.1, -0.05) is 13.8 Å². The van der Waals surface area contributed by atoms with Crippen molar-refractivity contribution in [2.45, 2.75) is 33.1 Å². The fourth-order valence-electron chi connectivity index (χ4n) is 1.64. The van der Waals surface area contributed by atoms with Gasteiger partial charge in [-0.05, 0) is 24.7 Å². The Bertz CT molecular complexity index is 201. The maximum absolute atomic E-state index is 11.3. The molecule has 88 valence electrons. The molecule has 1 heterocycles. The summed E-state index contributed by atoms with van der Waals surface area (Å²) in [6.07, 6.45) is 3.03. The Morgan fingerprint density at radius 3 is 2.60 bits per heavy atom. The van der Waals surface area contributed by atoms with E-state index in [4.69, 9.17) is 4.74 Å². The second-order valence-corrected chi connectivity index (χ2v) is 4.53. The molecule has 2 amide bonds. The summed E-state index contributed by atoms with van der Waals surface area (Å²) in [7, 11) is 0. The lowest BCUT2D eigenvalue weighted by Crippen LogP contribution is -2.43. The molecule has 0 aromatic rings. The van der Waals surface area contributed by atoms with Crippen molar-refractivity contribution in [3.8, 4) is 0 Å². The molecular weight excluding hydrogens is 192 g/mol. The predicted octanol–water partition coefficient (Wildman–Crippen LogP) is 1.51. The predicted molar refractivity (Wildman–Crippen MR) is 59.9 cm³/mol. The first-order valence-corrected chi connectivity index (χ1v) is 5.76. The molecule has 15 heavy (non-hydrogen) atoms. The van der Waals surface area contributed by atoms with E-state index < -0.39 is 0 Å². The zero-order chi connectivity index (χ0) is 11.1. The van der Waals surface area contributed by atoms with E-state index in [1.807, 2.05) is 6.92 Å². The number of ether oxygens (including phenoxy) is 1.